The molecule has 588 valence electrons. The maximum absolute atomic E-state index is 13.1. The number of phosphoric acid groups is 2. The highest BCUT2D eigenvalue weighted by atomic mass is 31.2. The summed E-state index contributed by atoms with van der Waals surface area (Å²) in [7, 11) is -9.92. The van der Waals surface area contributed by atoms with E-state index in [0.29, 0.717) is 25.7 Å². The van der Waals surface area contributed by atoms with Crippen molar-refractivity contribution < 1.29 is 80.2 Å². The van der Waals surface area contributed by atoms with E-state index >= 15 is 0 Å². The van der Waals surface area contributed by atoms with Gasteiger partial charge in [0.05, 0.1) is 26.4 Å². The monoisotopic (exact) mass is 1450 g/mol. The van der Waals surface area contributed by atoms with E-state index in [1.54, 1.807) is 0 Å². The first-order valence-corrected chi connectivity index (χ1v) is 44.7. The van der Waals surface area contributed by atoms with Gasteiger partial charge < -0.3 is 33.8 Å². The van der Waals surface area contributed by atoms with Crippen LogP contribution < -0.4 is 0 Å². The number of rotatable bonds is 80. The molecule has 0 heterocycles. The lowest BCUT2D eigenvalue weighted by Crippen LogP contribution is -2.30. The Hall–Kier alpha value is -1.94. The van der Waals surface area contributed by atoms with E-state index < -0.39 is 97.5 Å². The van der Waals surface area contributed by atoms with Gasteiger partial charge in [0.25, 0.3) is 0 Å². The second-order valence-corrected chi connectivity index (χ2v) is 32.0. The summed E-state index contributed by atoms with van der Waals surface area (Å²) in [6.07, 6.45) is 63.8. The minimum absolute atomic E-state index is 0.107. The number of hydrogen-bond acceptors (Lipinski definition) is 15. The number of carbonyl (C=O) groups excluding carboxylic acids is 4. The normalized spacial score (nSPS) is 14.1. The van der Waals surface area contributed by atoms with Crippen LogP contribution in [0.5, 0.6) is 0 Å². The molecule has 0 saturated carbocycles. The van der Waals surface area contributed by atoms with E-state index in [-0.39, 0.29) is 25.7 Å². The summed E-state index contributed by atoms with van der Waals surface area (Å²) in [6, 6.07) is 0. The fourth-order valence-corrected chi connectivity index (χ4v) is 14.0. The smallest absolute Gasteiger partial charge is 0.462 e. The van der Waals surface area contributed by atoms with Crippen molar-refractivity contribution in [2.45, 2.75) is 445 Å². The molecule has 0 bridgehead atoms. The van der Waals surface area contributed by atoms with Gasteiger partial charge in [0.1, 0.15) is 19.3 Å². The van der Waals surface area contributed by atoms with Gasteiger partial charge in [-0.05, 0) is 31.6 Å². The highest BCUT2D eigenvalue weighted by molar-refractivity contribution is 7.47. The molecular formula is C80H156O17P2. The van der Waals surface area contributed by atoms with Gasteiger partial charge in [0.15, 0.2) is 12.2 Å². The van der Waals surface area contributed by atoms with Crippen molar-refractivity contribution in [2.24, 2.45) is 5.92 Å². The molecule has 3 N–H and O–H groups in total. The van der Waals surface area contributed by atoms with Crippen LogP contribution in [-0.2, 0) is 65.4 Å². The Kier molecular flexibility index (Phi) is 71.6. The van der Waals surface area contributed by atoms with Gasteiger partial charge in [0.2, 0.25) is 0 Å². The van der Waals surface area contributed by atoms with E-state index in [0.717, 1.165) is 102 Å². The summed E-state index contributed by atoms with van der Waals surface area (Å²) in [5.41, 5.74) is 0. The number of carbonyl (C=O) groups is 4. The maximum Gasteiger partial charge on any atom is 0.472 e. The zero-order valence-corrected chi connectivity index (χ0v) is 66.4. The van der Waals surface area contributed by atoms with Gasteiger partial charge in [-0.2, -0.15) is 0 Å². The average molecular weight is 1450 g/mol. The first kappa shape index (κ1) is 97.1. The maximum atomic E-state index is 13.1. The number of phosphoric ester groups is 2. The molecule has 0 aliphatic heterocycles. The van der Waals surface area contributed by atoms with Crippen molar-refractivity contribution in [1.82, 2.24) is 0 Å². The van der Waals surface area contributed by atoms with E-state index in [2.05, 4.69) is 34.6 Å². The second-order valence-electron chi connectivity index (χ2n) is 29.1. The number of hydrogen-bond donors (Lipinski definition) is 3. The molecule has 0 aliphatic rings. The van der Waals surface area contributed by atoms with E-state index in [9.17, 15) is 43.2 Å². The summed E-state index contributed by atoms with van der Waals surface area (Å²) in [5.74, 6) is -1.38. The predicted octanol–water partition coefficient (Wildman–Crippen LogP) is 24.0. The molecule has 99 heavy (non-hydrogen) atoms. The molecule has 3 unspecified atom stereocenters. The average Bonchev–Trinajstić information content (AvgIpc) is 1.06. The first-order chi connectivity index (χ1) is 48.1. The lowest BCUT2D eigenvalue weighted by atomic mass is 10.00. The van der Waals surface area contributed by atoms with Crippen LogP contribution in [0.1, 0.15) is 426 Å². The number of aliphatic hydroxyl groups excluding tert-OH is 1. The molecular weight excluding hydrogens is 1290 g/mol. The molecule has 0 saturated heterocycles. The van der Waals surface area contributed by atoms with Crippen molar-refractivity contribution >= 4 is 39.5 Å². The zero-order valence-electron chi connectivity index (χ0n) is 64.6. The number of esters is 4. The van der Waals surface area contributed by atoms with Crippen LogP contribution in [0.15, 0.2) is 0 Å². The molecule has 0 aromatic carbocycles. The van der Waals surface area contributed by atoms with Crippen LogP contribution in [-0.4, -0.2) is 96.7 Å². The Labute approximate surface area is 607 Å². The van der Waals surface area contributed by atoms with Gasteiger partial charge in [-0.1, -0.05) is 375 Å². The lowest BCUT2D eigenvalue weighted by Gasteiger charge is -2.21. The molecule has 0 fully saturated rings. The SMILES string of the molecule is CCCCCCCCCCCCCCCCCCCCCC(=O)O[C@H](COC(=O)CCCCCCCCCCCCCCCCCCC)COP(=O)(O)OC[C@@H](O)COP(=O)(O)OC[C@@H](COC(=O)CCCCCCCCC(C)CC)OC(=O)CCCCCCCCCCCCCCC. The third kappa shape index (κ3) is 72.8. The Morgan fingerprint density at radius 2 is 0.485 bits per heavy atom. The van der Waals surface area contributed by atoms with Crippen molar-refractivity contribution in [2.75, 3.05) is 39.6 Å². The van der Waals surface area contributed by atoms with Gasteiger partial charge in [-0.15, -0.1) is 0 Å². The molecule has 0 amide bonds. The molecule has 0 spiro atoms. The molecule has 0 rings (SSSR count). The molecule has 0 aromatic heterocycles. The summed E-state index contributed by atoms with van der Waals surface area (Å²) < 4.78 is 68.7. The quantitative estimate of drug-likeness (QED) is 0.0222. The molecule has 17 nitrogen and oxygen atoms in total. The van der Waals surface area contributed by atoms with Crippen LogP contribution in [0.2, 0.25) is 0 Å². The van der Waals surface area contributed by atoms with Crippen molar-refractivity contribution in [3.8, 4) is 0 Å². The van der Waals surface area contributed by atoms with Gasteiger partial charge >= 0.3 is 39.5 Å². The lowest BCUT2D eigenvalue weighted by molar-refractivity contribution is -0.161. The minimum Gasteiger partial charge on any atom is -0.462 e. The van der Waals surface area contributed by atoms with E-state index in [4.69, 9.17) is 37.0 Å². The highest BCUT2D eigenvalue weighted by Crippen LogP contribution is 2.45. The Morgan fingerprint density at radius 3 is 0.717 bits per heavy atom. The standard InChI is InChI=1S/C80H156O17P2/c1-6-10-13-16-19-22-25-28-30-32-33-35-37-40-43-46-49-56-61-66-79(84)96-75(69-90-77(82)63-58-53-47-44-41-39-36-34-31-29-26-23-20-17-14-11-7-2)71-94-98(86,87)92-67-74(81)68-93-99(88,89)95-72-76(70-91-78(83)64-59-54-51-50-52-57-62-73(5)9-4)97-80(85)65-60-55-48-45-42-38-27-24-21-18-15-12-8-3/h73-76,81H,6-72H2,1-5H3,(H,86,87)(H,88,89)/t73?,74-,75-,76-/m1/s1. The van der Waals surface area contributed by atoms with Crippen molar-refractivity contribution in [1.29, 1.82) is 0 Å². The van der Waals surface area contributed by atoms with Crippen LogP contribution in [0.3, 0.4) is 0 Å². The Balaban J connectivity index is 5.23. The molecule has 19 heteroatoms. The summed E-state index contributed by atoms with van der Waals surface area (Å²) in [4.78, 5) is 73.0. The van der Waals surface area contributed by atoms with E-state index in [1.807, 2.05) is 0 Å². The topological polar surface area (TPSA) is 237 Å². The molecule has 0 aliphatic carbocycles. The van der Waals surface area contributed by atoms with Gasteiger partial charge in [-0.25, -0.2) is 9.13 Å². The number of ether oxygens (including phenoxy) is 4. The Bertz CT molecular complexity index is 1890. The summed E-state index contributed by atoms with van der Waals surface area (Å²) in [5, 5.41) is 10.6. The minimum atomic E-state index is -4.96. The fraction of sp³-hybridized carbons (Fsp3) is 0.950. The van der Waals surface area contributed by atoms with E-state index in [1.165, 1.54) is 244 Å². The molecule has 0 radical (unpaired) electrons. The Morgan fingerprint density at radius 1 is 0.283 bits per heavy atom. The number of unbranched alkanes of at least 4 members (excludes halogenated alkanes) is 51. The molecule has 0 aromatic rings. The summed E-state index contributed by atoms with van der Waals surface area (Å²) >= 11 is 0. The highest BCUT2D eigenvalue weighted by Gasteiger charge is 2.30. The fourth-order valence-electron chi connectivity index (χ4n) is 12.4. The van der Waals surface area contributed by atoms with Crippen LogP contribution in [0.25, 0.3) is 0 Å². The van der Waals surface area contributed by atoms with Crippen LogP contribution in [0.4, 0.5) is 0 Å². The van der Waals surface area contributed by atoms with Gasteiger partial charge in [-0.3, -0.25) is 37.3 Å². The second kappa shape index (κ2) is 73.0. The van der Waals surface area contributed by atoms with Crippen molar-refractivity contribution in [3.05, 3.63) is 0 Å². The first-order valence-electron chi connectivity index (χ1n) is 41.7. The largest absolute Gasteiger partial charge is 0.472 e. The molecule has 6 atom stereocenters. The third-order valence-corrected chi connectivity index (χ3v) is 21.0. The van der Waals surface area contributed by atoms with Crippen molar-refractivity contribution in [3.63, 3.8) is 0 Å². The van der Waals surface area contributed by atoms with Gasteiger partial charge in [0, 0.05) is 25.7 Å². The van der Waals surface area contributed by atoms with Crippen LogP contribution >= 0.6 is 15.6 Å². The third-order valence-electron chi connectivity index (χ3n) is 19.1. The predicted molar refractivity (Wildman–Crippen MR) is 405 cm³/mol. The summed E-state index contributed by atoms with van der Waals surface area (Å²) in [6.45, 7) is 7.29. The van der Waals surface area contributed by atoms with Crippen LogP contribution in [0, 0.1) is 5.92 Å². The number of aliphatic hydroxyl groups is 1. The zero-order chi connectivity index (χ0) is 72.7.